The Hall–Kier alpha value is -2.18. The Morgan fingerprint density at radius 2 is 1.89 bits per heavy atom. The number of hydrogen-bond donors (Lipinski definition) is 3. The Labute approximate surface area is 164 Å². The van der Waals surface area contributed by atoms with Crippen LogP contribution in [-0.4, -0.2) is 24.5 Å². The van der Waals surface area contributed by atoms with E-state index in [-0.39, 0.29) is 24.5 Å². The molecule has 1 saturated carbocycles. The molecule has 5 nitrogen and oxygen atoms in total. The number of thiophene rings is 1. The third-order valence-corrected chi connectivity index (χ3v) is 5.35. The van der Waals surface area contributed by atoms with Crippen LogP contribution in [-0.2, 0) is 11.2 Å². The maximum Gasteiger partial charge on any atom is 0.321 e. The van der Waals surface area contributed by atoms with Crippen LogP contribution in [0.25, 0.3) is 0 Å². The van der Waals surface area contributed by atoms with Crippen molar-refractivity contribution >= 4 is 23.3 Å². The molecule has 0 radical (unpaired) electrons. The van der Waals surface area contributed by atoms with E-state index in [0.717, 1.165) is 29.7 Å². The smallest absolute Gasteiger partial charge is 0.321 e. The fraction of sp³-hybridized carbons (Fsp3) is 0.429. The molecule has 1 atom stereocenters. The van der Waals surface area contributed by atoms with Crippen molar-refractivity contribution in [2.75, 3.05) is 6.54 Å². The van der Waals surface area contributed by atoms with Gasteiger partial charge in [-0.3, -0.25) is 15.4 Å². The summed E-state index contributed by atoms with van der Waals surface area (Å²) in [5, 5.41) is 10.5. The molecule has 1 aromatic heterocycles. The lowest BCUT2D eigenvalue weighted by Crippen LogP contribution is -2.44. The first-order valence-corrected chi connectivity index (χ1v) is 10.3. The predicted molar refractivity (Wildman–Crippen MR) is 109 cm³/mol. The summed E-state index contributed by atoms with van der Waals surface area (Å²) in [5.41, 5.74) is 2.42. The lowest BCUT2D eigenvalue weighted by Gasteiger charge is -2.18. The highest BCUT2D eigenvalue weighted by molar-refractivity contribution is 7.10. The lowest BCUT2D eigenvalue weighted by molar-refractivity contribution is -0.119. The number of amides is 3. The number of hydrogen-bond acceptors (Lipinski definition) is 4. The summed E-state index contributed by atoms with van der Waals surface area (Å²) in [5.74, 6) is 0.290. The molecule has 1 aliphatic rings. The van der Waals surface area contributed by atoms with E-state index < -0.39 is 6.03 Å². The van der Waals surface area contributed by atoms with Crippen molar-refractivity contribution in [3.63, 3.8) is 0 Å². The number of nitrogens with one attached hydrogen (secondary N) is 3. The van der Waals surface area contributed by atoms with Crippen molar-refractivity contribution < 1.29 is 9.59 Å². The van der Waals surface area contributed by atoms with Crippen molar-refractivity contribution in [3.05, 3.63) is 57.8 Å². The van der Waals surface area contributed by atoms with Crippen LogP contribution in [0.1, 0.15) is 48.7 Å². The first kappa shape index (κ1) is 19.6. The molecule has 1 fully saturated rings. The summed E-state index contributed by atoms with van der Waals surface area (Å²) in [4.78, 5) is 24.9. The minimum atomic E-state index is -0.407. The quantitative estimate of drug-likeness (QED) is 0.650. The summed E-state index contributed by atoms with van der Waals surface area (Å²) >= 11 is 1.65. The van der Waals surface area contributed by atoms with Crippen LogP contribution in [0.4, 0.5) is 4.79 Å². The molecule has 6 heteroatoms. The highest BCUT2D eigenvalue weighted by Crippen LogP contribution is 2.26. The summed E-state index contributed by atoms with van der Waals surface area (Å²) in [6, 6.07) is 12.4. The molecule has 0 aliphatic heterocycles. The minimum absolute atomic E-state index is 0.0738. The van der Waals surface area contributed by atoms with E-state index in [0.29, 0.717) is 5.92 Å². The van der Waals surface area contributed by atoms with Crippen LogP contribution in [0.3, 0.4) is 0 Å². The molecule has 0 saturated heterocycles. The van der Waals surface area contributed by atoms with Gasteiger partial charge in [0.25, 0.3) is 0 Å². The Bertz CT molecular complexity index is 752. The molecular weight excluding hydrogens is 358 g/mol. The molecule has 1 heterocycles. The number of rotatable bonds is 8. The SMILES string of the molecule is CC(C)Cc1ccc([C@@H](NCC(=O)NC(=O)NC2CC2)c2cccs2)cc1. The molecule has 1 aliphatic carbocycles. The van der Waals surface area contributed by atoms with Gasteiger partial charge in [0.1, 0.15) is 0 Å². The van der Waals surface area contributed by atoms with E-state index in [1.54, 1.807) is 11.3 Å². The lowest BCUT2D eigenvalue weighted by atomic mass is 9.99. The van der Waals surface area contributed by atoms with Crippen LogP contribution in [0, 0.1) is 5.92 Å². The third-order valence-electron chi connectivity index (χ3n) is 4.42. The summed E-state index contributed by atoms with van der Waals surface area (Å²) in [6.45, 7) is 4.50. The predicted octanol–water partition coefficient (Wildman–Crippen LogP) is 3.61. The standard InChI is InChI=1S/C21H27N3O2S/c1-14(2)12-15-5-7-16(8-6-15)20(18-4-3-11-27-18)22-13-19(25)24-21(26)23-17-9-10-17/h3-8,11,14,17,20,22H,9-10,12-13H2,1-2H3,(H2,23,24,25,26)/t20-/m1/s1. The molecule has 0 bridgehead atoms. The normalized spacial score (nSPS) is 14.8. The van der Waals surface area contributed by atoms with Gasteiger partial charge in [0, 0.05) is 10.9 Å². The Morgan fingerprint density at radius 1 is 1.15 bits per heavy atom. The fourth-order valence-electron chi connectivity index (χ4n) is 2.97. The molecule has 27 heavy (non-hydrogen) atoms. The second-order valence-electron chi connectivity index (χ2n) is 7.46. The van der Waals surface area contributed by atoms with Crippen LogP contribution < -0.4 is 16.0 Å². The average molecular weight is 386 g/mol. The molecule has 2 aromatic rings. The summed E-state index contributed by atoms with van der Waals surface area (Å²) < 4.78 is 0. The maximum atomic E-state index is 12.1. The minimum Gasteiger partial charge on any atom is -0.335 e. The monoisotopic (exact) mass is 385 g/mol. The molecule has 144 valence electrons. The zero-order chi connectivity index (χ0) is 19.2. The fourth-order valence-corrected chi connectivity index (χ4v) is 3.80. The van der Waals surface area contributed by atoms with Crippen molar-refractivity contribution in [1.29, 1.82) is 0 Å². The van der Waals surface area contributed by atoms with Gasteiger partial charge < -0.3 is 5.32 Å². The van der Waals surface area contributed by atoms with Gasteiger partial charge in [-0.2, -0.15) is 0 Å². The Morgan fingerprint density at radius 3 is 2.48 bits per heavy atom. The second-order valence-corrected chi connectivity index (χ2v) is 8.44. The van der Waals surface area contributed by atoms with Gasteiger partial charge >= 0.3 is 6.03 Å². The van der Waals surface area contributed by atoms with E-state index in [2.05, 4.69) is 60.1 Å². The van der Waals surface area contributed by atoms with Crippen molar-refractivity contribution in [1.82, 2.24) is 16.0 Å². The van der Waals surface area contributed by atoms with E-state index in [1.165, 1.54) is 5.56 Å². The van der Waals surface area contributed by atoms with Crippen LogP contribution in [0.15, 0.2) is 41.8 Å². The van der Waals surface area contributed by atoms with Gasteiger partial charge in [0.2, 0.25) is 5.91 Å². The summed E-state index contributed by atoms with van der Waals surface area (Å²) in [7, 11) is 0. The maximum absolute atomic E-state index is 12.1. The zero-order valence-electron chi connectivity index (χ0n) is 15.8. The molecule has 3 amide bonds. The third kappa shape index (κ3) is 6.19. The van der Waals surface area contributed by atoms with Crippen LogP contribution >= 0.6 is 11.3 Å². The average Bonchev–Trinajstić information content (AvgIpc) is 3.26. The van der Waals surface area contributed by atoms with Crippen LogP contribution in [0.5, 0.6) is 0 Å². The molecule has 0 unspecified atom stereocenters. The number of benzene rings is 1. The topological polar surface area (TPSA) is 70.2 Å². The van der Waals surface area contributed by atoms with E-state index >= 15 is 0 Å². The number of carbonyl (C=O) groups is 2. The highest BCUT2D eigenvalue weighted by Gasteiger charge is 2.24. The van der Waals surface area contributed by atoms with E-state index in [1.807, 2.05) is 11.4 Å². The number of urea groups is 1. The first-order valence-electron chi connectivity index (χ1n) is 9.47. The van der Waals surface area contributed by atoms with Gasteiger partial charge in [0.15, 0.2) is 0 Å². The van der Waals surface area contributed by atoms with Gasteiger partial charge in [-0.25, -0.2) is 4.79 Å². The van der Waals surface area contributed by atoms with Gasteiger partial charge in [-0.15, -0.1) is 11.3 Å². The Balaban J connectivity index is 1.61. The van der Waals surface area contributed by atoms with Gasteiger partial charge in [0.05, 0.1) is 12.6 Å². The first-order chi connectivity index (χ1) is 13.0. The Kier molecular flexibility index (Phi) is 6.63. The molecular formula is C21H27N3O2S. The largest absolute Gasteiger partial charge is 0.335 e. The van der Waals surface area contributed by atoms with E-state index in [9.17, 15) is 9.59 Å². The van der Waals surface area contributed by atoms with Crippen molar-refractivity contribution in [3.8, 4) is 0 Å². The van der Waals surface area contributed by atoms with Crippen molar-refractivity contribution in [2.24, 2.45) is 5.92 Å². The molecule has 1 aromatic carbocycles. The summed E-state index contributed by atoms with van der Waals surface area (Å²) in [6.07, 6.45) is 3.04. The van der Waals surface area contributed by atoms with Gasteiger partial charge in [-0.05, 0) is 47.8 Å². The van der Waals surface area contributed by atoms with Gasteiger partial charge in [-0.1, -0.05) is 44.2 Å². The van der Waals surface area contributed by atoms with E-state index in [4.69, 9.17) is 0 Å². The molecule has 0 spiro atoms. The highest BCUT2D eigenvalue weighted by atomic mass is 32.1. The number of imide groups is 1. The second kappa shape index (κ2) is 9.15. The number of carbonyl (C=O) groups excluding carboxylic acids is 2. The van der Waals surface area contributed by atoms with Crippen LogP contribution in [0.2, 0.25) is 0 Å². The molecule has 3 rings (SSSR count). The van der Waals surface area contributed by atoms with Crippen molar-refractivity contribution in [2.45, 2.75) is 45.2 Å². The molecule has 3 N–H and O–H groups in total. The zero-order valence-corrected chi connectivity index (χ0v) is 16.6.